The smallest absolute Gasteiger partial charge is 0.273 e. The fraction of sp³-hybridized carbons (Fsp3) is 0.308. The van der Waals surface area contributed by atoms with Crippen LogP contribution in [0.5, 0.6) is 5.75 Å². The van der Waals surface area contributed by atoms with Crippen molar-refractivity contribution in [3.63, 3.8) is 0 Å². The second-order valence-electron chi connectivity index (χ2n) is 5.01. The predicted octanol–water partition coefficient (Wildman–Crippen LogP) is 2.60. The zero-order chi connectivity index (χ0) is 16.3. The van der Waals surface area contributed by atoms with Gasteiger partial charge in [-0.25, -0.2) is 0 Å². The van der Waals surface area contributed by atoms with E-state index in [4.69, 9.17) is 0 Å². The lowest BCUT2D eigenvalue weighted by atomic mass is 10.1. The molecule has 0 spiro atoms. The summed E-state index contributed by atoms with van der Waals surface area (Å²) in [7, 11) is 0. The molecule has 0 radical (unpaired) electrons. The van der Waals surface area contributed by atoms with Crippen molar-refractivity contribution >= 4 is 28.1 Å². The number of nitrogens with one attached hydrogen (secondary N) is 1. The van der Waals surface area contributed by atoms with Crippen LogP contribution < -0.4 is 5.32 Å². The number of amides is 1. The lowest BCUT2D eigenvalue weighted by molar-refractivity contribution is -0.384. The molecule has 0 aliphatic heterocycles. The SMILES string of the molecule is CC(C)Cc1nnc(NC(=O)c2ccc([N+](=O)[O-])cc2O)s1. The van der Waals surface area contributed by atoms with Gasteiger partial charge in [-0.1, -0.05) is 25.2 Å². The topological polar surface area (TPSA) is 118 Å². The highest BCUT2D eigenvalue weighted by Crippen LogP contribution is 2.25. The van der Waals surface area contributed by atoms with E-state index >= 15 is 0 Å². The molecule has 0 bridgehead atoms. The van der Waals surface area contributed by atoms with Gasteiger partial charge < -0.3 is 5.11 Å². The van der Waals surface area contributed by atoms with Crippen molar-refractivity contribution in [3.8, 4) is 5.75 Å². The number of aromatic hydroxyl groups is 1. The third-order valence-electron chi connectivity index (χ3n) is 2.71. The van der Waals surface area contributed by atoms with Crippen LogP contribution >= 0.6 is 11.3 Å². The summed E-state index contributed by atoms with van der Waals surface area (Å²) < 4.78 is 0. The highest BCUT2D eigenvalue weighted by Gasteiger charge is 2.17. The molecule has 9 heteroatoms. The molecule has 0 saturated carbocycles. The first-order valence-electron chi connectivity index (χ1n) is 6.48. The summed E-state index contributed by atoms with van der Waals surface area (Å²) in [6, 6.07) is 3.27. The Balaban J connectivity index is 2.12. The zero-order valence-corrected chi connectivity index (χ0v) is 12.8. The fourth-order valence-electron chi connectivity index (χ4n) is 1.73. The van der Waals surface area contributed by atoms with E-state index in [1.54, 1.807) is 0 Å². The molecule has 8 nitrogen and oxygen atoms in total. The van der Waals surface area contributed by atoms with Gasteiger partial charge in [-0.15, -0.1) is 10.2 Å². The molecule has 0 aliphatic rings. The Labute approximate surface area is 130 Å². The minimum atomic E-state index is -0.648. The van der Waals surface area contributed by atoms with E-state index in [2.05, 4.69) is 29.4 Å². The number of rotatable bonds is 5. The van der Waals surface area contributed by atoms with Crippen molar-refractivity contribution in [1.82, 2.24) is 10.2 Å². The van der Waals surface area contributed by atoms with E-state index < -0.39 is 16.6 Å². The second kappa shape index (κ2) is 6.48. The Morgan fingerprint density at radius 1 is 1.45 bits per heavy atom. The van der Waals surface area contributed by atoms with E-state index in [1.165, 1.54) is 17.4 Å². The van der Waals surface area contributed by atoms with Gasteiger partial charge in [0.05, 0.1) is 16.6 Å². The van der Waals surface area contributed by atoms with E-state index in [9.17, 15) is 20.0 Å². The molecule has 2 N–H and O–H groups in total. The minimum Gasteiger partial charge on any atom is -0.507 e. The average molecular weight is 322 g/mol. The molecule has 1 aromatic carbocycles. The number of nitro groups is 1. The Bertz CT molecular complexity index is 714. The van der Waals surface area contributed by atoms with Gasteiger partial charge in [0.2, 0.25) is 5.13 Å². The second-order valence-corrected chi connectivity index (χ2v) is 6.07. The van der Waals surface area contributed by atoms with Crippen LogP contribution in [0.25, 0.3) is 0 Å². The molecule has 0 atom stereocenters. The summed E-state index contributed by atoms with van der Waals surface area (Å²) in [6.45, 7) is 4.10. The van der Waals surface area contributed by atoms with Crippen LogP contribution in [-0.4, -0.2) is 26.1 Å². The van der Waals surface area contributed by atoms with E-state index in [-0.39, 0.29) is 11.3 Å². The largest absolute Gasteiger partial charge is 0.507 e. The Hall–Kier alpha value is -2.55. The standard InChI is InChI=1S/C13H14N4O4S/c1-7(2)5-11-15-16-13(22-11)14-12(19)9-4-3-8(17(20)21)6-10(9)18/h3-4,6-7,18H,5H2,1-2H3,(H,14,16,19). The fourth-order valence-corrected chi connectivity index (χ4v) is 2.67. The van der Waals surface area contributed by atoms with Crippen LogP contribution in [0, 0.1) is 16.0 Å². The predicted molar refractivity (Wildman–Crippen MR) is 81.2 cm³/mol. The first-order valence-corrected chi connectivity index (χ1v) is 7.29. The molecule has 2 rings (SSSR count). The average Bonchev–Trinajstić information content (AvgIpc) is 2.84. The molecule has 0 saturated heterocycles. The van der Waals surface area contributed by atoms with Gasteiger partial charge >= 0.3 is 0 Å². The summed E-state index contributed by atoms with van der Waals surface area (Å²) in [5.41, 5.74) is -0.351. The third kappa shape index (κ3) is 3.76. The molecule has 116 valence electrons. The van der Waals surface area contributed by atoms with Gasteiger partial charge in [-0.3, -0.25) is 20.2 Å². The minimum absolute atomic E-state index is 0.0637. The number of hydrogen-bond acceptors (Lipinski definition) is 7. The molecule has 1 heterocycles. The zero-order valence-electron chi connectivity index (χ0n) is 11.9. The number of benzene rings is 1. The van der Waals surface area contributed by atoms with Crippen molar-refractivity contribution in [2.24, 2.45) is 5.92 Å². The number of nitro benzene ring substituents is 1. The number of non-ortho nitro benzene ring substituents is 1. The van der Waals surface area contributed by atoms with Crippen LogP contribution in [0.15, 0.2) is 18.2 Å². The summed E-state index contributed by atoms with van der Waals surface area (Å²) in [6.07, 6.45) is 0.760. The Morgan fingerprint density at radius 2 is 2.18 bits per heavy atom. The van der Waals surface area contributed by atoms with Crippen LogP contribution in [0.3, 0.4) is 0 Å². The number of nitrogens with zero attached hydrogens (tertiary/aromatic N) is 3. The van der Waals surface area contributed by atoms with Crippen molar-refractivity contribution in [3.05, 3.63) is 38.9 Å². The van der Waals surface area contributed by atoms with Crippen LogP contribution in [0.2, 0.25) is 0 Å². The number of hydrogen-bond donors (Lipinski definition) is 2. The molecule has 0 fully saturated rings. The van der Waals surface area contributed by atoms with E-state index in [1.807, 2.05) is 0 Å². The number of aromatic nitrogens is 2. The van der Waals surface area contributed by atoms with Crippen molar-refractivity contribution in [2.45, 2.75) is 20.3 Å². The number of carbonyl (C=O) groups excluding carboxylic acids is 1. The van der Waals surface area contributed by atoms with Crippen molar-refractivity contribution in [1.29, 1.82) is 0 Å². The highest BCUT2D eigenvalue weighted by molar-refractivity contribution is 7.15. The first kappa shape index (κ1) is 15.8. The van der Waals surface area contributed by atoms with Gasteiger partial charge in [-0.05, 0) is 12.0 Å². The Morgan fingerprint density at radius 3 is 2.77 bits per heavy atom. The van der Waals surface area contributed by atoms with Gasteiger partial charge in [0.15, 0.2) is 0 Å². The summed E-state index contributed by atoms with van der Waals surface area (Å²) in [4.78, 5) is 22.0. The normalized spacial score (nSPS) is 10.7. The highest BCUT2D eigenvalue weighted by atomic mass is 32.1. The van der Waals surface area contributed by atoms with Crippen LogP contribution in [0.4, 0.5) is 10.8 Å². The molecule has 22 heavy (non-hydrogen) atoms. The first-order chi connectivity index (χ1) is 10.4. The quantitative estimate of drug-likeness (QED) is 0.645. The maximum absolute atomic E-state index is 12.0. The van der Waals surface area contributed by atoms with E-state index in [0.29, 0.717) is 11.0 Å². The van der Waals surface area contributed by atoms with Crippen molar-refractivity contribution < 1.29 is 14.8 Å². The molecule has 1 aromatic heterocycles. The molecular weight excluding hydrogens is 308 g/mol. The molecular formula is C13H14N4O4S. The number of anilines is 1. The summed E-state index contributed by atoms with van der Waals surface area (Å²) >= 11 is 1.25. The molecule has 0 aliphatic carbocycles. The lowest BCUT2D eigenvalue weighted by Gasteiger charge is -2.03. The Kier molecular flexibility index (Phi) is 4.66. The van der Waals surface area contributed by atoms with E-state index in [0.717, 1.165) is 23.6 Å². The molecule has 0 unspecified atom stereocenters. The number of phenolic OH excluding ortho intramolecular Hbond substituents is 1. The van der Waals surface area contributed by atoms with Gasteiger partial charge in [0.25, 0.3) is 11.6 Å². The van der Waals surface area contributed by atoms with Gasteiger partial charge in [0.1, 0.15) is 10.8 Å². The molecule has 2 aromatic rings. The van der Waals surface area contributed by atoms with Crippen molar-refractivity contribution in [2.75, 3.05) is 5.32 Å². The number of phenols is 1. The summed E-state index contributed by atoms with van der Waals surface area (Å²) in [5.74, 6) is -0.631. The van der Waals surface area contributed by atoms with Gasteiger partial charge in [0, 0.05) is 12.5 Å². The number of carbonyl (C=O) groups is 1. The summed E-state index contributed by atoms with van der Waals surface area (Å²) in [5, 5.41) is 31.8. The van der Waals surface area contributed by atoms with Crippen LogP contribution in [0.1, 0.15) is 29.2 Å². The monoisotopic (exact) mass is 322 g/mol. The lowest BCUT2D eigenvalue weighted by Crippen LogP contribution is -2.12. The third-order valence-corrected chi connectivity index (χ3v) is 3.57. The van der Waals surface area contributed by atoms with Gasteiger partial charge in [-0.2, -0.15) is 0 Å². The maximum atomic E-state index is 12.0. The van der Waals surface area contributed by atoms with Crippen LogP contribution in [-0.2, 0) is 6.42 Å². The maximum Gasteiger partial charge on any atom is 0.273 e. The molecule has 1 amide bonds.